The van der Waals surface area contributed by atoms with Crippen LogP contribution in [0.15, 0.2) is 33.5 Å². The molecule has 164 valence electrons. The minimum Gasteiger partial charge on any atom is -0.446 e. The summed E-state index contributed by atoms with van der Waals surface area (Å²) in [6.07, 6.45) is 4.09. The second kappa shape index (κ2) is 9.80. The van der Waals surface area contributed by atoms with Crippen molar-refractivity contribution in [2.24, 2.45) is 0 Å². The van der Waals surface area contributed by atoms with Gasteiger partial charge >= 0.3 is 6.09 Å². The molecule has 2 N–H and O–H groups in total. The van der Waals surface area contributed by atoms with Crippen LogP contribution in [0.3, 0.4) is 0 Å². The number of carbonyl (C=O) groups excluding carboxylic acids is 2. The number of rotatable bonds is 6. The molecular weight excluding hydrogens is 448 g/mol. The van der Waals surface area contributed by atoms with E-state index in [1.807, 2.05) is 16.8 Å². The molecule has 1 aliphatic carbocycles. The number of thiophene rings is 2. The van der Waals surface area contributed by atoms with Gasteiger partial charge in [0, 0.05) is 23.4 Å². The number of nitriles is 1. The van der Waals surface area contributed by atoms with Gasteiger partial charge in [-0.05, 0) is 53.8 Å². The van der Waals surface area contributed by atoms with Crippen LogP contribution >= 0.6 is 22.7 Å². The number of fused-ring (bicyclic) bond motifs is 1. The Morgan fingerprint density at radius 3 is 3.06 bits per heavy atom. The van der Waals surface area contributed by atoms with E-state index in [4.69, 9.17) is 9.26 Å². The van der Waals surface area contributed by atoms with Gasteiger partial charge in [-0.1, -0.05) is 5.16 Å². The second-order valence-electron chi connectivity index (χ2n) is 7.25. The number of aryl methyl sites for hydroxylation is 1. The average Bonchev–Trinajstić information content (AvgIpc) is 3.50. The van der Waals surface area contributed by atoms with Crippen LogP contribution in [0.4, 0.5) is 9.80 Å². The number of ether oxygens (including phenoxy) is 1. The quantitative estimate of drug-likeness (QED) is 0.518. The van der Waals surface area contributed by atoms with Crippen molar-refractivity contribution in [1.82, 2.24) is 10.5 Å². The highest BCUT2D eigenvalue weighted by atomic mass is 32.1. The zero-order chi connectivity index (χ0) is 22.5. The number of carbonyl (C=O) groups is 2. The van der Waals surface area contributed by atoms with E-state index in [9.17, 15) is 14.9 Å². The maximum atomic E-state index is 12.3. The maximum Gasteiger partial charge on any atom is 0.407 e. The summed E-state index contributed by atoms with van der Waals surface area (Å²) in [6.45, 7) is 2.00. The lowest BCUT2D eigenvalue weighted by Crippen LogP contribution is -2.31. The molecule has 4 rings (SSSR count). The molecule has 10 heteroatoms. The molecule has 1 unspecified atom stereocenters. The first-order valence-electron chi connectivity index (χ1n) is 9.94. The van der Waals surface area contributed by atoms with Crippen LogP contribution < -0.4 is 10.6 Å². The van der Waals surface area contributed by atoms with Crippen molar-refractivity contribution >= 4 is 45.8 Å². The maximum absolute atomic E-state index is 12.3. The molecule has 3 heterocycles. The molecule has 0 saturated heterocycles. The number of amides is 2. The fourth-order valence-electron chi connectivity index (χ4n) is 3.41. The van der Waals surface area contributed by atoms with Crippen molar-refractivity contribution in [2.75, 3.05) is 5.32 Å². The van der Waals surface area contributed by atoms with Gasteiger partial charge in [-0.25, -0.2) is 4.79 Å². The Morgan fingerprint density at radius 2 is 2.34 bits per heavy atom. The fourth-order valence-corrected chi connectivity index (χ4v) is 5.31. The van der Waals surface area contributed by atoms with Crippen LogP contribution in [0.5, 0.6) is 0 Å². The average molecular weight is 469 g/mol. The molecule has 0 aromatic carbocycles. The smallest absolute Gasteiger partial charge is 0.407 e. The Morgan fingerprint density at radius 1 is 1.47 bits per heavy atom. The number of aromatic nitrogens is 1. The summed E-state index contributed by atoms with van der Waals surface area (Å²) in [4.78, 5) is 25.4. The Hall–Kier alpha value is -3.42. The van der Waals surface area contributed by atoms with Crippen molar-refractivity contribution < 1.29 is 18.8 Å². The predicted octanol–water partition coefficient (Wildman–Crippen LogP) is 4.41. The molecule has 32 heavy (non-hydrogen) atoms. The van der Waals surface area contributed by atoms with Gasteiger partial charge in [-0.2, -0.15) is 16.6 Å². The summed E-state index contributed by atoms with van der Waals surface area (Å²) in [5.41, 5.74) is 2.99. The highest BCUT2D eigenvalue weighted by Crippen LogP contribution is 2.38. The second-order valence-corrected chi connectivity index (χ2v) is 9.14. The minimum absolute atomic E-state index is 0.223. The Balaban J connectivity index is 1.35. The van der Waals surface area contributed by atoms with E-state index >= 15 is 0 Å². The fraction of sp³-hybridized carbons (Fsp3) is 0.273. The number of nitrogens with zero attached hydrogens (tertiary/aromatic N) is 2. The van der Waals surface area contributed by atoms with Crippen LogP contribution in [0.1, 0.15) is 39.4 Å². The van der Waals surface area contributed by atoms with Crippen molar-refractivity contribution in [3.05, 3.63) is 62.0 Å². The summed E-state index contributed by atoms with van der Waals surface area (Å²) in [5.74, 6) is 0.382. The molecule has 1 aliphatic rings. The molecule has 3 aromatic rings. The molecule has 0 radical (unpaired) electrons. The lowest BCUT2D eigenvalue weighted by atomic mass is 9.94. The highest BCUT2D eigenvalue weighted by molar-refractivity contribution is 7.16. The van der Waals surface area contributed by atoms with Gasteiger partial charge in [0.1, 0.15) is 28.6 Å². The molecule has 0 aliphatic heterocycles. The normalized spacial score (nSPS) is 15.2. The topological polar surface area (TPSA) is 117 Å². The molecule has 0 bridgehead atoms. The van der Waals surface area contributed by atoms with Crippen LogP contribution in [0.25, 0.3) is 6.08 Å². The lowest BCUT2D eigenvalue weighted by molar-refractivity contribution is -0.111. The number of hydrogen-bond acceptors (Lipinski definition) is 8. The van der Waals surface area contributed by atoms with E-state index in [0.717, 1.165) is 16.0 Å². The SMILES string of the molecule is Cc1cc(CNC(=O)OC2CCc3c(sc(NC(=O)/C=C/c4ccsc4)c3C#N)C2)no1. The molecular formula is C22H20N4O4S2. The Kier molecular flexibility index (Phi) is 6.68. The minimum atomic E-state index is -0.525. The van der Waals surface area contributed by atoms with Crippen molar-refractivity contribution in [1.29, 1.82) is 5.26 Å². The molecule has 8 nitrogen and oxygen atoms in total. The van der Waals surface area contributed by atoms with Gasteiger partial charge in [0.25, 0.3) is 0 Å². The number of hydrogen-bond donors (Lipinski definition) is 2. The largest absolute Gasteiger partial charge is 0.446 e. The van der Waals surface area contributed by atoms with Crippen LogP contribution in [-0.4, -0.2) is 23.3 Å². The lowest BCUT2D eigenvalue weighted by Gasteiger charge is -2.22. The monoisotopic (exact) mass is 468 g/mol. The first-order chi connectivity index (χ1) is 15.5. The van der Waals surface area contributed by atoms with Gasteiger partial charge < -0.3 is 19.9 Å². The predicted molar refractivity (Wildman–Crippen MR) is 121 cm³/mol. The third-order valence-corrected chi connectivity index (χ3v) is 6.77. The zero-order valence-corrected chi connectivity index (χ0v) is 18.8. The van der Waals surface area contributed by atoms with E-state index in [-0.39, 0.29) is 18.6 Å². The van der Waals surface area contributed by atoms with Gasteiger partial charge in [0.15, 0.2) is 0 Å². The first-order valence-corrected chi connectivity index (χ1v) is 11.7. The molecule has 0 fully saturated rings. The summed E-state index contributed by atoms with van der Waals surface area (Å²) in [6, 6.07) is 5.87. The van der Waals surface area contributed by atoms with Gasteiger partial charge in [0.2, 0.25) is 5.91 Å². The highest BCUT2D eigenvalue weighted by Gasteiger charge is 2.28. The Labute approximate surface area is 192 Å². The standard InChI is InChI=1S/C22H20N4O4S2/c1-13-8-15(26-30-13)11-24-22(28)29-16-3-4-17-18(10-23)21(32-19(17)9-16)25-20(27)5-2-14-6-7-31-12-14/h2,5-8,12,16H,3-4,9,11H2,1H3,(H,24,28)(H,25,27)/b5-2+. The Bertz CT molecular complexity index is 1190. The van der Waals surface area contributed by atoms with Crippen molar-refractivity contribution in [3.63, 3.8) is 0 Å². The van der Waals surface area contributed by atoms with Gasteiger partial charge in [-0.3, -0.25) is 4.79 Å². The zero-order valence-electron chi connectivity index (χ0n) is 17.2. The van der Waals surface area contributed by atoms with E-state index in [1.165, 1.54) is 17.4 Å². The summed E-state index contributed by atoms with van der Waals surface area (Å²) in [7, 11) is 0. The molecule has 3 aromatic heterocycles. The van der Waals surface area contributed by atoms with Gasteiger partial charge in [-0.15, -0.1) is 11.3 Å². The summed E-state index contributed by atoms with van der Waals surface area (Å²) >= 11 is 2.92. The molecule has 1 atom stereocenters. The summed E-state index contributed by atoms with van der Waals surface area (Å²) < 4.78 is 10.5. The van der Waals surface area contributed by atoms with Crippen molar-refractivity contribution in [2.45, 2.75) is 38.8 Å². The van der Waals surface area contributed by atoms with Crippen LogP contribution in [-0.2, 0) is 28.9 Å². The number of nitrogens with one attached hydrogen (secondary N) is 2. The number of anilines is 1. The van der Waals surface area contributed by atoms with Crippen molar-refractivity contribution in [3.8, 4) is 6.07 Å². The van der Waals surface area contributed by atoms with Crippen LogP contribution in [0.2, 0.25) is 0 Å². The van der Waals surface area contributed by atoms with E-state index < -0.39 is 6.09 Å². The van der Waals surface area contributed by atoms with E-state index in [0.29, 0.717) is 41.3 Å². The number of alkyl carbamates (subject to hydrolysis) is 1. The molecule has 0 spiro atoms. The van der Waals surface area contributed by atoms with Crippen LogP contribution in [0, 0.1) is 18.3 Å². The molecule has 0 saturated carbocycles. The van der Waals surface area contributed by atoms with Gasteiger partial charge in [0.05, 0.1) is 12.1 Å². The molecule has 2 amide bonds. The van der Waals surface area contributed by atoms with E-state index in [2.05, 4.69) is 21.9 Å². The third kappa shape index (κ3) is 5.25. The van der Waals surface area contributed by atoms with E-state index in [1.54, 1.807) is 30.4 Å². The third-order valence-electron chi connectivity index (χ3n) is 4.90. The first kappa shape index (κ1) is 21.8. The summed E-state index contributed by atoms with van der Waals surface area (Å²) in [5, 5.41) is 23.3.